The smallest absolute Gasteiger partial charge is 0.316 e. The fourth-order valence-corrected chi connectivity index (χ4v) is 1.74. The van der Waals surface area contributed by atoms with Crippen LogP contribution in [0.3, 0.4) is 0 Å². The molecule has 0 bridgehead atoms. The number of aromatic hydroxyl groups is 1. The summed E-state index contributed by atoms with van der Waals surface area (Å²) in [6, 6.07) is 10.5. The zero-order chi connectivity index (χ0) is 14.0. The molecule has 0 aliphatic rings. The molecule has 3 nitrogen and oxygen atoms in total. The van der Waals surface area contributed by atoms with Crippen molar-refractivity contribution < 1.29 is 14.6 Å². The molecule has 1 N–H and O–H groups in total. The molecule has 100 valence electrons. The van der Waals surface area contributed by atoms with E-state index in [1.807, 2.05) is 26.8 Å². The van der Waals surface area contributed by atoms with E-state index in [0.29, 0.717) is 17.6 Å². The minimum atomic E-state index is -0.515. The summed E-state index contributed by atoms with van der Waals surface area (Å²) in [6.07, 6.45) is 0.710. The molecule has 0 aromatic heterocycles. The van der Waals surface area contributed by atoms with Crippen molar-refractivity contribution in [3.63, 3.8) is 0 Å². The van der Waals surface area contributed by atoms with Crippen molar-refractivity contribution in [3.05, 3.63) is 36.4 Å². The quantitative estimate of drug-likeness (QED) is 0.671. The number of benzene rings is 2. The monoisotopic (exact) mass is 258 g/mol. The lowest BCUT2D eigenvalue weighted by Crippen LogP contribution is -2.28. The molecule has 2 aromatic rings. The van der Waals surface area contributed by atoms with E-state index in [0.717, 1.165) is 5.39 Å². The highest BCUT2D eigenvalue weighted by atomic mass is 16.5. The van der Waals surface area contributed by atoms with Crippen molar-refractivity contribution in [2.75, 3.05) is 0 Å². The van der Waals surface area contributed by atoms with Gasteiger partial charge in [0.25, 0.3) is 0 Å². The summed E-state index contributed by atoms with van der Waals surface area (Å²) >= 11 is 0. The van der Waals surface area contributed by atoms with Gasteiger partial charge in [0.15, 0.2) is 0 Å². The number of rotatable bonds is 3. The van der Waals surface area contributed by atoms with Gasteiger partial charge in [-0.1, -0.05) is 31.2 Å². The molecule has 0 saturated carbocycles. The lowest BCUT2D eigenvalue weighted by atomic mass is 9.90. The Morgan fingerprint density at radius 3 is 2.47 bits per heavy atom. The minimum Gasteiger partial charge on any atom is -0.507 e. The van der Waals surface area contributed by atoms with E-state index >= 15 is 0 Å². The number of phenols is 1. The van der Waals surface area contributed by atoms with Gasteiger partial charge < -0.3 is 9.84 Å². The first-order valence-corrected chi connectivity index (χ1v) is 6.38. The van der Waals surface area contributed by atoms with Crippen molar-refractivity contribution >= 4 is 16.7 Å². The van der Waals surface area contributed by atoms with Gasteiger partial charge in [0.1, 0.15) is 11.5 Å². The number of phenolic OH excluding ortho intramolecular Hbond substituents is 1. The van der Waals surface area contributed by atoms with Gasteiger partial charge in [-0.05, 0) is 32.4 Å². The maximum Gasteiger partial charge on any atom is 0.316 e. The second-order valence-electron chi connectivity index (χ2n) is 5.26. The van der Waals surface area contributed by atoms with Crippen LogP contribution in [0, 0.1) is 5.41 Å². The number of hydrogen-bond donors (Lipinski definition) is 1. The Bertz CT molecular complexity index is 614. The first-order valence-electron chi connectivity index (χ1n) is 6.38. The lowest BCUT2D eigenvalue weighted by Gasteiger charge is -2.20. The Labute approximate surface area is 112 Å². The minimum absolute atomic E-state index is 0.185. The van der Waals surface area contributed by atoms with Crippen LogP contribution in [0.4, 0.5) is 0 Å². The van der Waals surface area contributed by atoms with E-state index in [-0.39, 0.29) is 11.7 Å². The number of fused-ring (bicyclic) bond motifs is 1. The number of esters is 1. The predicted octanol–water partition coefficient (Wildman–Crippen LogP) is 3.89. The molecule has 0 radical (unpaired) electrons. The molecular formula is C16H18O3. The van der Waals surface area contributed by atoms with Crippen molar-refractivity contribution in [1.82, 2.24) is 0 Å². The van der Waals surface area contributed by atoms with Crippen LogP contribution < -0.4 is 4.74 Å². The van der Waals surface area contributed by atoms with Crippen LogP contribution >= 0.6 is 0 Å². The van der Waals surface area contributed by atoms with Gasteiger partial charge in [0.2, 0.25) is 0 Å². The van der Waals surface area contributed by atoms with Gasteiger partial charge in [-0.25, -0.2) is 0 Å². The Morgan fingerprint density at radius 1 is 1.16 bits per heavy atom. The van der Waals surface area contributed by atoms with Gasteiger partial charge in [-0.3, -0.25) is 4.79 Å². The first-order chi connectivity index (χ1) is 8.95. The van der Waals surface area contributed by atoms with Crippen molar-refractivity contribution in [1.29, 1.82) is 0 Å². The Hall–Kier alpha value is -2.03. The molecule has 0 aliphatic carbocycles. The van der Waals surface area contributed by atoms with Gasteiger partial charge in [0.05, 0.1) is 5.41 Å². The number of ether oxygens (including phenoxy) is 1. The highest BCUT2D eigenvalue weighted by molar-refractivity contribution is 5.94. The summed E-state index contributed by atoms with van der Waals surface area (Å²) in [5, 5.41) is 11.2. The highest BCUT2D eigenvalue weighted by Gasteiger charge is 2.28. The van der Waals surface area contributed by atoms with Gasteiger partial charge >= 0.3 is 5.97 Å². The van der Waals surface area contributed by atoms with Crippen molar-refractivity contribution in [2.24, 2.45) is 5.41 Å². The normalized spacial score (nSPS) is 11.5. The Morgan fingerprint density at radius 2 is 1.79 bits per heavy atom. The summed E-state index contributed by atoms with van der Waals surface area (Å²) in [5.74, 6) is 0.413. The summed E-state index contributed by atoms with van der Waals surface area (Å²) in [4.78, 5) is 12.1. The van der Waals surface area contributed by atoms with Gasteiger partial charge in [-0.15, -0.1) is 0 Å². The van der Waals surface area contributed by atoms with Gasteiger partial charge in [-0.2, -0.15) is 0 Å². The summed E-state index contributed by atoms with van der Waals surface area (Å²) < 4.78 is 5.49. The Kier molecular flexibility index (Phi) is 3.47. The molecule has 2 rings (SSSR count). The summed E-state index contributed by atoms with van der Waals surface area (Å²) in [6.45, 7) is 5.67. The topological polar surface area (TPSA) is 46.5 Å². The molecule has 0 unspecified atom stereocenters. The largest absolute Gasteiger partial charge is 0.507 e. The number of carbonyl (C=O) groups excluding carboxylic acids is 1. The average molecular weight is 258 g/mol. The van der Waals surface area contributed by atoms with E-state index in [2.05, 4.69) is 0 Å². The second kappa shape index (κ2) is 4.92. The fourth-order valence-electron chi connectivity index (χ4n) is 1.74. The van der Waals surface area contributed by atoms with E-state index in [9.17, 15) is 9.90 Å². The molecule has 0 amide bonds. The van der Waals surface area contributed by atoms with Crippen LogP contribution in [0.5, 0.6) is 11.5 Å². The molecule has 0 saturated heterocycles. The van der Waals surface area contributed by atoms with Crippen LogP contribution in [0.25, 0.3) is 10.8 Å². The average Bonchev–Trinajstić information content (AvgIpc) is 2.40. The first kappa shape index (κ1) is 13.4. The number of carbonyl (C=O) groups is 1. The van der Waals surface area contributed by atoms with Crippen LogP contribution in [0.1, 0.15) is 27.2 Å². The molecule has 0 spiro atoms. The van der Waals surface area contributed by atoms with Crippen molar-refractivity contribution in [2.45, 2.75) is 27.2 Å². The maximum absolute atomic E-state index is 12.1. The molecule has 0 aliphatic heterocycles. The molecule has 3 heteroatoms. The molecular weight excluding hydrogens is 240 g/mol. The second-order valence-corrected chi connectivity index (χ2v) is 5.26. The summed E-state index contributed by atoms with van der Waals surface area (Å²) in [5.41, 5.74) is -0.515. The standard InChI is InChI=1S/C16H18O3/c1-4-16(2,3)15(18)19-14-10-6-7-11-12(14)8-5-9-13(11)17/h5-10,17H,4H2,1-3H3. The summed E-state index contributed by atoms with van der Waals surface area (Å²) in [7, 11) is 0. The van der Waals surface area contributed by atoms with Crippen LogP contribution in [-0.2, 0) is 4.79 Å². The molecule has 0 heterocycles. The number of hydrogen-bond acceptors (Lipinski definition) is 3. The molecule has 0 atom stereocenters. The predicted molar refractivity (Wildman–Crippen MR) is 75.3 cm³/mol. The zero-order valence-electron chi connectivity index (χ0n) is 11.4. The third kappa shape index (κ3) is 2.55. The lowest BCUT2D eigenvalue weighted by molar-refractivity contribution is -0.144. The molecule has 19 heavy (non-hydrogen) atoms. The molecule has 2 aromatic carbocycles. The van der Waals surface area contributed by atoms with E-state index in [4.69, 9.17) is 4.74 Å². The fraction of sp³-hybridized carbons (Fsp3) is 0.312. The third-order valence-corrected chi connectivity index (χ3v) is 3.50. The van der Waals surface area contributed by atoms with Crippen LogP contribution in [-0.4, -0.2) is 11.1 Å². The van der Waals surface area contributed by atoms with Crippen LogP contribution in [0.15, 0.2) is 36.4 Å². The SMILES string of the molecule is CCC(C)(C)C(=O)Oc1cccc2c(O)cccc12. The van der Waals surface area contributed by atoms with E-state index in [1.165, 1.54) is 0 Å². The van der Waals surface area contributed by atoms with Crippen molar-refractivity contribution in [3.8, 4) is 11.5 Å². The third-order valence-electron chi connectivity index (χ3n) is 3.50. The highest BCUT2D eigenvalue weighted by Crippen LogP contribution is 2.33. The van der Waals surface area contributed by atoms with E-state index in [1.54, 1.807) is 30.3 Å². The maximum atomic E-state index is 12.1. The molecule has 0 fully saturated rings. The zero-order valence-corrected chi connectivity index (χ0v) is 11.4. The van der Waals surface area contributed by atoms with Gasteiger partial charge in [0, 0.05) is 10.8 Å². The Balaban J connectivity index is 2.42. The van der Waals surface area contributed by atoms with Crippen LogP contribution in [0.2, 0.25) is 0 Å². The van der Waals surface area contributed by atoms with E-state index < -0.39 is 5.41 Å².